The van der Waals surface area contributed by atoms with E-state index < -0.39 is 11.2 Å². The minimum Gasteiger partial charge on any atom is -0.389 e. The second-order valence-electron chi connectivity index (χ2n) is 30.5. The molecule has 4 aromatic carbocycles. The largest absolute Gasteiger partial charge is 0.389 e. The second-order valence-corrected chi connectivity index (χ2v) is 30.5. The van der Waals surface area contributed by atoms with E-state index in [2.05, 4.69) is 111 Å². The van der Waals surface area contributed by atoms with Crippen LogP contribution in [-0.4, -0.2) is 21.4 Å². The van der Waals surface area contributed by atoms with Crippen molar-refractivity contribution in [2.24, 2.45) is 106 Å². The summed E-state index contributed by atoms with van der Waals surface area (Å²) in [4.78, 5) is 0. The van der Waals surface area contributed by atoms with Crippen LogP contribution in [0.2, 0.25) is 0 Å². The number of fused-ring (bicyclic) bond motifs is 14. The third-order valence-corrected chi connectivity index (χ3v) is 27.4. The zero-order chi connectivity index (χ0) is 68.9. The van der Waals surface area contributed by atoms with Gasteiger partial charge in [-0.05, 0) is 236 Å². The molecule has 12 aliphatic carbocycles. The van der Waals surface area contributed by atoms with Gasteiger partial charge in [0, 0.05) is 459 Å². The van der Waals surface area contributed by atoms with Crippen LogP contribution in [0.4, 0.5) is 0 Å². The third kappa shape index (κ3) is 34.4. The summed E-state index contributed by atoms with van der Waals surface area (Å²) in [6, 6.07) is 33.4. The van der Waals surface area contributed by atoms with Crippen molar-refractivity contribution >= 4 is 21.5 Å². The molecule has 14 heteroatoms. The van der Waals surface area contributed by atoms with Gasteiger partial charge in [0.15, 0.2) is 0 Å². The average molecular weight is 1770 g/mol. The molecule has 632 valence electrons. The van der Waals surface area contributed by atoms with Crippen LogP contribution < -0.4 is 0 Å². The number of rotatable bonds is 4. The first-order valence-corrected chi connectivity index (χ1v) is 42.5. The summed E-state index contributed by atoms with van der Waals surface area (Å²) < 4.78 is 0. The summed E-state index contributed by atoms with van der Waals surface area (Å²) in [5.41, 5.74) is 0.219. The monoisotopic (exact) mass is 1770 g/mol. The molecular weight excluding hydrogens is 1620 g/mol. The molecule has 0 amide bonds. The maximum Gasteiger partial charge on any atom is 0.0736 e. The first kappa shape index (κ1) is 134. The quantitative estimate of drug-likeness (QED) is 0.214. The van der Waals surface area contributed by atoms with Gasteiger partial charge in [0.25, 0.3) is 0 Å². The van der Waals surface area contributed by atoms with Crippen molar-refractivity contribution in [3.63, 3.8) is 0 Å². The molecule has 2 nitrogen and oxygen atoms in total. The smallest absolute Gasteiger partial charge is 0.0736 e. The molecule has 0 aromatic heterocycles. The Kier molecular flexibility index (Phi) is 93.8. The molecule has 0 radical (unpaired) electrons. The van der Waals surface area contributed by atoms with E-state index in [1.807, 2.05) is 111 Å². The summed E-state index contributed by atoms with van der Waals surface area (Å²) in [6.07, 6.45) is 48.5. The average Bonchev–Trinajstić information content (AvgIpc) is 1.52. The summed E-state index contributed by atoms with van der Waals surface area (Å²) in [7, 11) is 0. The standard InChI is InChI=1S/C29H48.C27H44O2.2C10H8.8C2H6.12Ar/c1-28(24-15-7-3-11-20(24)21-12-4-8-16-25(21)28)19-29(2)26-17-9-5-13-22(26)23-14-6-10-18-27(23)29;28-26(22-13-5-1-9-18(22)19-10-2-6-14-23(19)26)17-27(29)24-15-7-3-11-20(24)21-12-4-8-16-25(21)27;2*1-2-6-10-8-4-3-7-9(10)5-1;8*1-2;;;;;;;;;;;;/h20-27H,3-19H2,1-2H3;18-25,28-29H,1-17H2;2*1-8H;8*1-2H3;;;;;;;;;;;;. The van der Waals surface area contributed by atoms with E-state index in [-0.39, 0.29) is 453 Å². The molecule has 0 spiro atoms. The van der Waals surface area contributed by atoms with Crippen LogP contribution in [0.1, 0.15) is 343 Å². The van der Waals surface area contributed by atoms with Gasteiger partial charge in [0.1, 0.15) is 0 Å². The number of benzene rings is 4. The van der Waals surface area contributed by atoms with Gasteiger partial charge in [0.05, 0.1) is 11.2 Å². The van der Waals surface area contributed by atoms with E-state index in [1.54, 1.807) is 109 Å². The molecule has 0 saturated heterocycles. The van der Waals surface area contributed by atoms with Gasteiger partial charge >= 0.3 is 0 Å². The van der Waals surface area contributed by atoms with E-state index in [4.69, 9.17) is 0 Å². The van der Waals surface area contributed by atoms with Crippen LogP contribution in [-0.2, 0) is 0 Å². The van der Waals surface area contributed by atoms with E-state index in [0.717, 1.165) is 77.4 Å². The molecule has 4 aromatic rings. The van der Waals surface area contributed by atoms with Crippen molar-refractivity contribution in [2.45, 2.75) is 354 Å². The zero-order valence-electron chi connectivity index (χ0n) is 69.7. The fourth-order valence-electron chi connectivity index (χ4n) is 24.8. The molecule has 12 aliphatic rings. The molecule has 12 fully saturated rings. The molecule has 2 N–H and O–H groups in total. The van der Waals surface area contributed by atoms with Gasteiger partial charge < -0.3 is 10.2 Å². The SMILES string of the molecule is CC.CC.CC.CC.CC.CC.CC.CC.CC1(CC2(C)C3CCCCC3C3CCCCC32)C2CCCCC2C2CCCCC21.OC1(CC2(O)C3CCCCC3C3CCCCC32)C2CCCCC2C2CCCCC21.[Ar].[Ar].[Ar].[Ar].[Ar].[Ar].[Ar].[Ar].[Ar].[Ar].[Ar].[Ar].c1ccc2ccccc2c1.c1ccc2ccccc2c1. The first-order chi connectivity index (χ1) is 46.2. The zero-order valence-corrected chi connectivity index (χ0v) is 78.1. The summed E-state index contributed by atoms with van der Waals surface area (Å²) in [6.45, 7) is 37.7. The van der Waals surface area contributed by atoms with Crippen LogP contribution in [0.25, 0.3) is 21.5 Å². The van der Waals surface area contributed by atoms with Gasteiger partial charge in [-0.1, -0.05) is 324 Å². The van der Waals surface area contributed by atoms with Crippen LogP contribution in [0.5, 0.6) is 0 Å². The summed E-state index contributed by atoms with van der Waals surface area (Å²) in [5, 5.41) is 30.3. The van der Waals surface area contributed by atoms with Crippen LogP contribution in [0.3, 0.4) is 0 Å². The van der Waals surface area contributed by atoms with E-state index in [1.165, 1.54) is 124 Å². The topological polar surface area (TPSA) is 40.5 Å². The maximum atomic E-state index is 12.5. The normalized spacial score (nSPS) is 33.5. The van der Waals surface area contributed by atoms with E-state index in [0.29, 0.717) is 34.5 Å². The van der Waals surface area contributed by atoms with Gasteiger partial charge in [-0.3, -0.25) is 0 Å². The van der Waals surface area contributed by atoms with Crippen LogP contribution >= 0.6 is 0 Å². The maximum absolute atomic E-state index is 12.5. The van der Waals surface area contributed by atoms with Crippen LogP contribution in [0, 0.1) is 558 Å². The Morgan fingerprint density at radius 1 is 0.208 bits per heavy atom. The van der Waals surface area contributed by atoms with Gasteiger partial charge in [-0.25, -0.2) is 0 Å². The fraction of sp³-hybridized carbons (Fsp3) is 0.783. The Balaban J connectivity index is -0.000000194. The van der Waals surface area contributed by atoms with Crippen molar-refractivity contribution < 1.29 is 463 Å². The van der Waals surface area contributed by atoms with E-state index in [9.17, 15) is 10.2 Å². The first-order valence-electron chi connectivity index (χ1n) is 42.5. The van der Waals surface area contributed by atoms with Crippen molar-refractivity contribution in [3.05, 3.63) is 97.1 Å². The number of hydrogen-bond acceptors (Lipinski definition) is 2. The predicted molar refractivity (Wildman–Crippen MR) is 418 cm³/mol. The molecule has 12 saturated carbocycles. The Bertz CT molecular complexity index is 2150. The van der Waals surface area contributed by atoms with E-state index >= 15 is 0 Å². The molecule has 0 heterocycles. The molecule has 16 unspecified atom stereocenters. The second kappa shape index (κ2) is 74.2. The fourth-order valence-corrected chi connectivity index (χ4v) is 24.8. The number of hydrogen-bond donors (Lipinski definition) is 2. The van der Waals surface area contributed by atoms with Crippen molar-refractivity contribution in [2.75, 3.05) is 0 Å². The minimum atomic E-state index is -0.570. The third-order valence-electron chi connectivity index (χ3n) is 27.4. The molecule has 16 atom stereocenters. The molecule has 0 bridgehead atoms. The molecule has 16 rings (SSSR count). The van der Waals surface area contributed by atoms with Crippen molar-refractivity contribution in [1.29, 1.82) is 0 Å². The summed E-state index contributed by atoms with van der Waals surface area (Å²) in [5.74, 6) is 13.8. The Labute approximate surface area is 1020 Å². The Hall–Kier alpha value is 12.4. The van der Waals surface area contributed by atoms with Crippen molar-refractivity contribution in [1.82, 2.24) is 0 Å². The molecule has 0 aliphatic heterocycles. The Morgan fingerprint density at radius 2 is 0.330 bits per heavy atom. The van der Waals surface area contributed by atoms with Gasteiger partial charge in [0.2, 0.25) is 0 Å². The van der Waals surface area contributed by atoms with Gasteiger partial charge in [-0.2, -0.15) is 0 Å². The predicted octanol–water partition coefficient (Wildman–Crippen LogP) is 28.6. The number of aliphatic hydroxyl groups is 2. The summed E-state index contributed by atoms with van der Waals surface area (Å²) >= 11 is 0. The molecule has 106 heavy (non-hydrogen) atoms. The van der Waals surface area contributed by atoms with Crippen molar-refractivity contribution in [3.8, 4) is 0 Å². The van der Waals surface area contributed by atoms with Crippen LogP contribution in [0.15, 0.2) is 97.1 Å². The minimum absolute atomic E-state index is 0. The molecular formula is C92H156Ar12O2. The Morgan fingerprint density at radius 3 is 0.481 bits per heavy atom. The van der Waals surface area contributed by atoms with Gasteiger partial charge in [-0.15, -0.1) is 0 Å².